The van der Waals surface area contributed by atoms with Crippen molar-refractivity contribution in [2.75, 3.05) is 14.2 Å². The Morgan fingerprint density at radius 3 is 1.27 bits per heavy atom. The van der Waals surface area contributed by atoms with E-state index < -0.39 is 5.79 Å². The third kappa shape index (κ3) is 17.7. The second-order valence-electron chi connectivity index (χ2n) is 2.90. The van der Waals surface area contributed by atoms with Crippen LogP contribution in [0.5, 0.6) is 0 Å². The summed E-state index contributed by atoms with van der Waals surface area (Å²) >= 11 is 0. The number of methoxy groups -OCH3 is 2. The highest BCUT2D eigenvalue weighted by molar-refractivity contribution is 4.47. The van der Waals surface area contributed by atoms with Gasteiger partial charge in [0.05, 0.1) is 0 Å². The van der Waals surface area contributed by atoms with Crippen molar-refractivity contribution in [1.29, 1.82) is 0 Å². The van der Waals surface area contributed by atoms with Gasteiger partial charge in [-0.2, -0.15) is 0 Å². The van der Waals surface area contributed by atoms with E-state index in [1.165, 1.54) is 0 Å². The topological polar surface area (TPSA) is 38.7 Å². The van der Waals surface area contributed by atoms with Gasteiger partial charge in [-0.05, 0) is 27.7 Å². The molecule has 0 aromatic heterocycles. The molecule has 0 rings (SSSR count). The number of hydrogen-bond acceptors (Lipinski definition) is 3. The minimum atomic E-state index is -0.417. The number of ether oxygens (including phenoxy) is 2. The molecule has 0 amide bonds. The van der Waals surface area contributed by atoms with Gasteiger partial charge in [-0.3, -0.25) is 0 Å². The molecular formula is C8H20O3. The van der Waals surface area contributed by atoms with Crippen LogP contribution in [-0.2, 0) is 9.47 Å². The van der Waals surface area contributed by atoms with Gasteiger partial charge >= 0.3 is 0 Å². The van der Waals surface area contributed by atoms with Crippen molar-refractivity contribution in [3.05, 3.63) is 0 Å². The Labute approximate surface area is 69.3 Å². The maximum Gasteiger partial charge on any atom is 0.161 e. The van der Waals surface area contributed by atoms with Gasteiger partial charge in [0.25, 0.3) is 0 Å². The van der Waals surface area contributed by atoms with Gasteiger partial charge < -0.3 is 14.6 Å². The zero-order valence-electron chi connectivity index (χ0n) is 8.34. The molecule has 0 atom stereocenters. The number of hydrogen-bond donors (Lipinski definition) is 1. The fraction of sp³-hybridized carbons (Fsp3) is 1.00. The molecule has 1 N–H and O–H groups in total. The highest BCUT2D eigenvalue weighted by atomic mass is 16.7. The highest BCUT2D eigenvalue weighted by Crippen LogP contribution is 2.05. The number of aliphatic hydroxyl groups is 1. The standard InChI is InChI=1S/C5H12O2.C3H8O/c1-5(2,6-3)7-4;1-3(2)4/h1-4H3;3-4H,1-2H3. The third-order valence-corrected chi connectivity index (χ3v) is 0.983. The molecule has 0 fully saturated rings. The van der Waals surface area contributed by atoms with Crippen LogP contribution >= 0.6 is 0 Å². The molecule has 0 aliphatic carbocycles. The third-order valence-electron chi connectivity index (χ3n) is 0.983. The Morgan fingerprint density at radius 1 is 1.09 bits per heavy atom. The lowest BCUT2D eigenvalue weighted by Crippen LogP contribution is -2.24. The second kappa shape index (κ2) is 6.58. The van der Waals surface area contributed by atoms with E-state index in [4.69, 9.17) is 14.6 Å². The van der Waals surface area contributed by atoms with E-state index in [-0.39, 0.29) is 6.10 Å². The quantitative estimate of drug-likeness (QED) is 0.627. The summed E-state index contributed by atoms with van der Waals surface area (Å²) in [7, 11) is 3.23. The van der Waals surface area contributed by atoms with Crippen molar-refractivity contribution in [1.82, 2.24) is 0 Å². The van der Waals surface area contributed by atoms with Crippen LogP contribution in [0.1, 0.15) is 27.7 Å². The smallest absolute Gasteiger partial charge is 0.161 e. The molecule has 70 valence electrons. The summed E-state index contributed by atoms with van der Waals surface area (Å²) < 4.78 is 9.73. The van der Waals surface area contributed by atoms with Crippen molar-refractivity contribution >= 4 is 0 Å². The van der Waals surface area contributed by atoms with Gasteiger partial charge in [-0.15, -0.1) is 0 Å². The first-order chi connectivity index (χ1) is 4.85. The molecule has 0 aliphatic rings. The lowest BCUT2D eigenvalue weighted by atomic mass is 10.4. The summed E-state index contributed by atoms with van der Waals surface area (Å²) in [6.07, 6.45) is -0.167. The van der Waals surface area contributed by atoms with Crippen molar-refractivity contribution < 1.29 is 14.6 Å². The van der Waals surface area contributed by atoms with Gasteiger partial charge in [0, 0.05) is 20.3 Å². The van der Waals surface area contributed by atoms with E-state index in [2.05, 4.69) is 0 Å². The molecule has 0 saturated heterocycles. The lowest BCUT2D eigenvalue weighted by molar-refractivity contribution is -0.178. The van der Waals surface area contributed by atoms with Crippen molar-refractivity contribution in [3.8, 4) is 0 Å². The van der Waals surface area contributed by atoms with Crippen LogP contribution in [0.4, 0.5) is 0 Å². The number of aliphatic hydroxyl groups excluding tert-OH is 1. The fourth-order valence-corrected chi connectivity index (χ4v) is 0.0833. The first kappa shape index (κ1) is 13.5. The molecule has 3 heteroatoms. The maximum atomic E-state index is 8.06. The van der Waals surface area contributed by atoms with Crippen LogP contribution in [0.15, 0.2) is 0 Å². The lowest BCUT2D eigenvalue weighted by Gasteiger charge is -2.19. The summed E-state index contributed by atoms with van der Waals surface area (Å²) in [5.41, 5.74) is 0. The van der Waals surface area contributed by atoms with Gasteiger partial charge in [0.1, 0.15) is 0 Å². The molecule has 0 aromatic rings. The normalized spacial score (nSPS) is 10.9. The summed E-state index contributed by atoms with van der Waals surface area (Å²) in [5.74, 6) is -0.417. The minimum Gasteiger partial charge on any atom is -0.394 e. The van der Waals surface area contributed by atoms with Crippen LogP contribution in [0, 0.1) is 0 Å². The van der Waals surface area contributed by atoms with Crippen LogP contribution in [0.3, 0.4) is 0 Å². The Bertz CT molecular complexity index is 70.7. The van der Waals surface area contributed by atoms with Crippen molar-refractivity contribution in [3.63, 3.8) is 0 Å². The van der Waals surface area contributed by atoms with E-state index >= 15 is 0 Å². The van der Waals surface area contributed by atoms with E-state index in [9.17, 15) is 0 Å². The first-order valence-electron chi connectivity index (χ1n) is 3.64. The Morgan fingerprint density at radius 2 is 1.27 bits per heavy atom. The van der Waals surface area contributed by atoms with Crippen LogP contribution in [0.2, 0.25) is 0 Å². The molecule has 0 aliphatic heterocycles. The van der Waals surface area contributed by atoms with E-state index in [0.717, 1.165) is 0 Å². The molecule has 0 heterocycles. The van der Waals surface area contributed by atoms with Gasteiger partial charge in [-0.25, -0.2) is 0 Å². The molecule has 0 radical (unpaired) electrons. The molecule has 3 nitrogen and oxygen atoms in total. The van der Waals surface area contributed by atoms with E-state index in [0.29, 0.717) is 0 Å². The molecule has 0 saturated carbocycles. The molecule has 0 aromatic carbocycles. The monoisotopic (exact) mass is 164 g/mol. The largest absolute Gasteiger partial charge is 0.394 e. The summed E-state index contributed by atoms with van der Waals surface area (Å²) in [4.78, 5) is 0. The Balaban J connectivity index is 0. The first-order valence-corrected chi connectivity index (χ1v) is 3.64. The van der Waals surface area contributed by atoms with Crippen molar-refractivity contribution in [2.24, 2.45) is 0 Å². The van der Waals surface area contributed by atoms with Gasteiger partial charge in [-0.1, -0.05) is 0 Å². The molecule has 0 spiro atoms. The van der Waals surface area contributed by atoms with E-state index in [1.54, 1.807) is 28.1 Å². The fourth-order valence-electron chi connectivity index (χ4n) is 0.0833. The molecule has 11 heavy (non-hydrogen) atoms. The summed E-state index contributed by atoms with van der Waals surface area (Å²) in [6.45, 7) is 7.15. The average Bonchev–Trinajstić information content (AvgIpc) is 1.87. The number of rotatable bonds is 2. The summed E-state index contributed by atoms with van der Waals surface area (Å²) in [5, 5.41) is 8.06. The van der Waals surface area contributed by atoms with Gasteiger partial charge in [0.15, 0.2) is 5.79 Å². The molecule has 0 unspecified atom stereocenters. The van der Waals surface area contributed by atoms with Crippen LogP contribution in [-0.4, -0.2) is 31.2 Å². The van der Waals surface area contributed by atoms with Crippen molar-refractivity contribution in [2.45, 2.75) is 39.6 Å². The molecule has 0 bridgehead atoms. The average molecular weight is 164 g/mol. The highest BCUT2D eigenvalue weighted by Gasteiger charge is 2.11. The predicted octanol–water partition coefficient (Wildman–Crippen LogP) is 1.40. The zero-order chi connectivity index (χ0) is 9.49. The SMILES string of the molecule is CC(C)O.COC(C)(C)OC. The van der Waals surface area contributed by atoms with Crippen LogP contribution < -0.4 is 0 Å². The predicted molar refractivity (Wildman–Crippen MR) is 45.5 cm³/mol. The minimum absolute atomic E-state index is 0.167. The Hall–Kier alpha value is -0.120. The van der Waals surface area contributed by atoms with Gasteiger partial charge in [0.2, 0.25) is 0 Å². The maximum absolute atomic E-state index is 8.06. The van der Waals surface area contributed by atoms with Crippen LogP contribution in [0.25, 0.3) is 0 Å². The Kier molecular flexibility index (Phi) is 8.06. The second-order valence-corrected chi connectivity index (χ2v) is 2.90. The molecular weight excluding hydrogens is 144 g/mol. The van der Waals surface area contributed by atoms with E-state index in [1.807, 2.05) is 13.8 Å². The summed E-state index contributed by atoms with van der Waals surface area (Å²) in [6, 6.07) is 0. The zero-order valence-corrected chi connectivity index (χ0v) is 8.34.